The fraction of sp³-hybridized carbons (Fsp3) is 0.429. The summed E-state index contributed by atoms with van der Waals surface area (Å²) in [6.07, 6.45) is 1.19. The average Bonchev–Trinajstić information content (AvgIpc) is 2.57. The van der Waals surface area contributed by atoms with E-state index in [1.165, 1.54) is 5.56 Å². The Morgan fingerprint density at radius 2 is 1.80 bits per heavy atom. The molecule has 0 aliphatic heterocycles. The normalized spacial score (nSPS) is 11.0. The third-order valence-electron chi connectivity index (χ3n) is 4.45. The third-order valence-corrected chi connectivity index (χ3v) is 4.45. The van der Waals surface area contributed by atoms with Gasteiger partial charge < -0.3 is 11.1 Å². The Hall–Kier alpha value is -2.20. The summed E-state index contributed by atoms with van der Waals surface area (Å²) >= 11 is 0. The van der Waals surface area contributed by atoms with Gasteiger partial charge in [-0.3, -0.25) is 9.78 Å². The molecule has 2 rings (SSSR count). The van der Waals surface area contributed by atoms with E-state index in [0.717, 1.165) is 40.1 Å². The first kappa shape index (κ1) is 19.1. The first-order chi connectivity index (χ1) is 11.9. The van der Waals surface area contributed by atoms with E-state index < -0.39 is 0 Å². The van der Waals surface area contributed by atoms with Crippen LogP contribution in [-0.4, -0.2) is 17.9 Å². The summed E-state index contributed by atoms with van der Waals surface area (Å²) in [6, 6.07) is 8.40. The Morgan fingerprint density at radius 3 is 2.32 bits per heavy atom. The number of pyridine rings is 1. The Balaban J connectivity index is 2.73. The molecule has 0 saturated carbocycles. The first-order valence-electron chi connectivity index (χ1n) is 8.86. The smallest absolute Gasteiger partial charge is 0.224 e. The average molecular weight is 339 g/mol. The Labute approximate surface area is 150 Å². The molecule has 0 aliphatic rings. The fourth-order valence-corrected chi connectivity index (χ4v) is 3.15. The number of hydrogen-bond acceptors (Lipinski definition) is 3. The van der Waals surface area contributed by atoms with Crippen molar-refractivity contribution in [3.05, 3.63) is 52.3 Å². The molecule has 0 atom stereocenters. The van der Waals surface area contributed by atoms with Crippen LogP contribution in [0.1, 0.15) is 41.9 Å². The molecule has 1 aromatic carbocycles. The van der Waals surface area contributed by atoms with Gasteiger partial charge in [0, 0.05) is 25.0 Å². The molecule has 4 heteroatoms. The maximum atomic E-state index is 12.1. The number of carbonyl (C=O) groups excluding carboxylic acids is 1. The van der Waals surface area contributed by atoms with Crippen LogP contribution in [0.2, 0.25) is 0 Å². The van der Waals surface area contributed by atoms with Gasteiger partial charge >= 0.3 is 0 Å². The number of carbonyl (C=O) groups is 1. The molecule has 2 aromatic rings. The van der Waals surface area contributed by atoms with Crippen molar-refractivity contribution in [3.63, 3.8) is 0 Å². The number of nitrogens with zero attached hydrogens (tertiary/aromatic N) is 1. The highest BCUT2D eigenvalue weighted by molar-refractivity contribution is 5.83. The monoisotopic (exact) mass is 339 g/mol. The molecule has 4 nitrogen and oxygen atoms in total. The third kappa shape index (κ3) is 4.45. The summed E-state index contributed by atoms with van der Waals surface area (Å²) in [4.78, 5) is 16.9. The van der Waals surface area contributed by atoms with E-state index in [2.05, 4.69) is 50.4 Å². The van der Waals surface area contributed by atoms with Gasteiger partial charge in [0.1, 0.15) is 0 Å². The van der Waals surface area contributed by atoms with Gasteiger partial charge in [-0.25, -0.2) is 0 Å². The highest BCUT2D eigenvalue weighted by atomic mass is 16.1. The second-order valence-electron chi connectivity index (χ2n) is 6.99. The highest BCUT2D eigenvalue weighted by Gasteiger charge is 2.20. The van der Waals surface area contributed by atoms with Crippen LogP contribution < -0.4 is 11.1 Å². The standard InChI is InChI=1S/C21H29N3O/c1-13(2)10-19-18(12-22)21(16-8-6-14(3)7-9-16)17(15(4)24-19)11-20(25)23-5/h6-9,13H,10-12,22H2,1-5H3,(H,23,25). The van der Waals surface area contributed by atoms with E-state index >= 15 is 0 Å². The SMILES string of the molecule is CNC(=O)Cc1c(C)nc(CC(C)C)c(CN)c1-c1ccc(C)cc1. The molecule has 0 saturated heterocycles. The van der Waals surface area contributed by atoms with E-state index in [0.29, 0.717) is 18.9 Å². The zero-order valence-corrected chi connectivity index (χ0v) is 15.9. The number of benzene rings is 1. The molecule has 1 heterocycles. The zero-order chi connectivity index (χ0) is 18.6. The van der Waals surface area contributed by atoms with Gasteiger partial charge in [-0.2, -0.15) is 0 Å². The second kappa shape index (κ2) is 8.26. The number of aromatic nitrogens is 1. The number of rotatable bonds is 6. The van der Waals surface area contributed by atoms with Gasteiger partial charge in [-0.15, -0.1) is 0 Å². The van der Waals surface area contributed by atoms with Crippen LogP contribution in [0.5, 0.6) is 0 Å². The van der Waals surface area contributed by atoms with Crippen molar-refractivity contribution in [2.24, 2.45) is 11.7 Å². The zero-order valence-electron chi connectivity index (χ0n) is 15.9. The molecule has 0 unspecified atom stereocenters. The molecule has 1 amide bonds. The summed E-state index contributed by atoms with van der Waals surface area (Å²) in [6.45, 7) is 8.84. The van der Waals surface area contributed by atoms with Crippen molar-refractivity contribution in [2.75, 3.05) is 7.05 Å². The van der Waals surface area contributed by atoms with Crippen molar-refractivity contribution >= 4 is 5.91 Å². The summed E-state index contributed by atoms with van der Waals surface area (Å²) in [7, 11) is 1.66. The van der Waals surface area contributed by atoms with Crippen molar-refractivity contribution in [1.29, 1.82) is 0 Å². The van der Waals surface area contributed by atoms with Crippen LogP contribution in [0.25, 0.3) is 11.1 Å². The lowest BCUT2D eigenvalue weighted by Gasteiger charge is -2.21. The minimum Gasteiger partial charge on any atom is -0.359 e. The number of hydrogen-bond donors (Lipinski definition) is 2. The largest absolute Gasteiger partial charge is 0.359 e. The predicted molar refractivity (Wildman–Crippen MR) is 103 cm³/mol. The van der Waals surface area contributed by atoms with Gasteiger partial charge in [-0.1, -0.05) is 43.7 Å². The lowest BCUT2D eigenvalue weighted by atomic mass is 9.88. The van der Waals surface area contributed by atoms with E-state index in [4.69, 9.17) is 10.7 Å². The molecule has 0 aliphatic carbocycles. The lowest BCUT2D eigenvalue weighted by Crippen LogP contribution is -2.22. The minimum atomic E-state index is -0.0159. The van der Waals surface area contributed by atoms with Gasteiger partial charge in [0.25, 0.3) is 0 Å². The van der Waals surface area contributed by atoms with E-state index in [1.54, 1.807) is 7.05 Å². The molecule has 3 N–H and O–H groups in total. The van der Waals surface area contributed by atoms with Crippen LogP contribution in [0.3, 0.4) is 0 Å². The molecule has 25 heavy (non-hydrogen) atoms. The maximum Gasteiger partial charge on any atom is 0.224 e. The van der Waals surface area contributed by atoms with Gasteiger partial charge in [-0.05, 0) is 48.4 Å². The molecule has 1 aromatic heterocycles. The van der Waals surface area contributed by atoms with Crippen LogP contribution in [0, 0.1) is 19.8 Å². The van der Waals surface area contributed by atoms with Crippen molar-refractivity contribution in [2.45, 2.75) is 47.1 Å². The van der Waals surface area contributed by atoms with Gasteiger partial charge in [0.05, 0.1) is 6.42 Å². The molecular weight excluding hydrogens is 310 g/mol. The molecule has 0 fully saturated rings. The molecule has 0 radical (unpaired) electrons. The van der Waals surface area contributed by atoms with Crippen LogP contribution in [-0.2, 0) is 24.2 Å². The fourth-order valence-electron chi connectivity index (χ4n) is 3.15. The van der Waals surface area contributed by atoms with Crippen LogP contribution >= 0.6 is 0 Å². The van der Waals surface area contributed by atoms with Gasteiger partial charge in [0.2, 0.25) is 5.91 Å². The second-order valence-corrected chi connectivity index (χ2v) is 6.99. The summed E-state index contributed by atoms with van der Waals surface area (Å²) in [5.41, 5.74) is 13.5. The highest BCUT2D eigenvalue weighted by Crippen LogP contribution is 2.32. The Morgan fingerprint density at radius 1 is 1.16 bits per heavy atom. The van der Waals surface area contributed by atoms with Crippen molar-refractivity contribution in [1.82, 2.24) is 10.3 Å². The van der Waals surface area contributed by atoms with Gasteiger partial charge in [0.15, 0.2) is 0 Å². The summed E-state index contributed by atoms with van der Waals surface area (Å²) in [5.74, 6) is 0.478. The number of likely N-dealkylation sites (N-methyl/N-ethyl adjacent to an activating group) is 1. The topological polar surface area (TPSA) is 68.0 Å². The first-order valence-corrected chi connectivity index (χ1v) is 8.86. The van der Waals surface area contributed by atoms with Crippen molar-refractivity contribution < 1.29 is 4.79 Å². The minimum absolute atomic E-state index is 0.0159. The number of aryl methyl sites for hydroxylation is 2. The van der Waals surface area contributed by atoms with E-state index in [1.807, 2.05) is 6.92 Å². The molecule has 0 bridgehead atoms. The van der Waals surface area contributed by atoms with Crippen LogP contribution in [0.4, 0.5) is 0 Å². The lowest BCUT2D eigenvalue weighted by molar-refractivity contribution is -0.119. The number of nitrogens with one attached hydrogen (secondary N) is 1. The molecule has 134 valence electrons. The summed E-state index contributed by atoms with van der Waals surface area (Å²) in [5, 5.41) is 2.71. The Kier molecular flexibility index (Phi) is 6.32. The van der Waals surface area contributed by atoms with Crippen molar-refractivity contribution in [3.8, 4) is 11.1 Å². The number of nitrogens with two attached hydrogens (primary N) is 1. The summed E-state index contributed by atoms with van der Waals surface area (Å²) < 4.78 is 0. The predicted octanol–water partition coefficient (Wildman–Crippen LogP) is 3.31. The van der Waals surface area contributed by atoms with Crippen LogP contribution in [0.15, 0.2) is 24.3 Å². The maximum absolute atomic E-state index is 12.1. The quantitative estimate of drug-likeness (QED) is 0.848. The van der Waals surface area contributed by atoms with E-state index in [-0.39, 0.29) is 5.91 Å². The number of amides is 1. The molecular formula is C21H29N3O. The Bertz CT molecular complexity index is 749. The molecule has 0 spiro atoms. The van der Waals surface area contributed by atoms with E-state index in [9.17, 15) is 4.79 Å².